The quantitative estimate of drug-likeness (QED) is 0.623. The van der Waals surface area contributed by atoms with Crippen molar-refractivity contribution in [3.63, 3.8) is 0 Å². The number of benzene rings is 1. The molecule has 0 radical (unpaired) electrons. The highest BCUT2D eigenvalue weighted by Crippen LogP contribution is 2.18. The van der Waals surface area contributed by atoms with Gasteiger partial charge >= 0.3 is 0 Å². The fourth-order valence-corrected chi connectivity index (χ4v) is 3.16. The molecule has 26 heavy (non-hydrogen) atoms. The van der Waals surface area contributed by atoms with Gasteiger partial charge in [-0.25, -0.2) is 0 Å². The third-order valence-corrected chi connectivity index (χ3v) is 4.77. The second-order valence-electron chi connectivity index (χ2n) is 5.71. The van der Waals surface area contributed by atoms with Gasteiger partial charge in [-0.05, 0) is 54.3 Å². The van der Waals surface area contributed by atoms with Crippen LogP contribution in [0, 0.1) is 0 Å². The molecule has 0 unspecified atom stereocenters. The maximum atomic E-state index is 12.4. The average Bonchev–Trinajstić information content (AvgIpc) is 3.09. The maximum absolute atomic E-state index is 12.4. The number of halogens is 1. The molecule has 0 bridgehead atoms. The van der Waals surface area contributed by atoms with E-state index < -0.39 is 0 Å². The van der Waals surface area contributed by atoms with E-state index in [0.717, 1.165) is 29.2 Å². The molecule has 0 aliphatic rings. The van der Waals surface area contributed by atoms with Gasteiger partial charge in [0.25, 0.3) is 0 Å². The molecule has 2 heterocycles. The van der Waals surface area contributed by atoms with Crippen molar-refractivity contribution in [1.29, 1.82) is 0 Å². The minimum Gasteiger partial charge on any atom is -0.342 e. The van der Waals surface area contributed by atoms with Crippen molar-refractivity contribution in [3.05, 3.63) is 71.1 Å². The summed E-state index contributed by atoms with van der Waals surface area (Å²) >= 11 is 7.61. The summed E-state index contributed by atoms with van der Waals surface area (Å²) < 4.78 is 1.91. The van der Waals surface area contributed by atoms with Crippen LogP contribution in [0.15, 0.2) is 54.7 Å². The van der Waals surface area contributed by atoms with Crippen molar-refractivity contribution in [1.82, 2.24) is 19.9 Å². The summed E-state index contributed by atoms with van der Waals surface area (Å²) in [5, 5.41) is 12.2. The van der Waals surface area contributed by atoms with Gasteiger partial charge in [-0.2, -0.15) is 11.8 Å². The number of nitrogens with zero attached hydrogens (tertiary/aromatic N) is 3. The number of hydrogen-bond donors (Lipinski definition) is 1. The van der Waals surface area contributed by atoms with E-state index >= 15 is 0 Å². The summed E-state index contributed by atoms with van der Waals surface area (Å²) in [5.41, 5.74) is 1.68. The molecular weight excluding hydrogens is 368 g/mol. The highest BCUT2D eigenvalue weighted by atomic mass is 35.5. The number of fused-ring (bicyclic) bond motifs is 1. The molecule has 0 fully saturated rings. The number of rotatable bonds is 7. The highest BCUT2D eigenvalue weighted by Gasteiger charge is 2.19. The van der Waals surface area contributed by atoms with Crippen LogP contribution in [-0.2, 0) is 4.79 Å². The molecule has 0 saturated carbocycles. The van der Waals surface area contributed by atoms with Gasteiger partial charge in [0.05, 0.1) is 6.04 Å². The van der Waals surface area contributed by atoms with E-state index in [-0.39, 0.29) is 11.9 Å². The summed E-state index contributed by atoms with van der Waals surface area (Å²) in [5.74, 6) is 1.48. The lowest BCUT2D eigenvalue weighted by Gasteiger charge is -2.15. The fraction of sp³-hybridized carbons (Fsp3) is 0.211. The maximum Gasteiger partial charge on any atom is 0.244 e. The minimum atomic E-state index is -0.206. The van der Waals surface area contributed by atoms with Gasteiger partial charge in [-0.3, -0.25) is 9.20 Å². The molecule has 0 aliphatic heterocycles. The van der Waals surface area contributed by atoms with Crippen molar-refractivity contribution < 1.29 is 4.79 Å². The topological polar surface area (TPSA) is 59.3 Å². The van der Waals surface area contributed by atoms with E-state index in [2.05, 4.69) is 15.5 Å². The molecule has 2 aromatic heterocycles. The van der Waals surface area contributed by atoms with E-state index in [9.17, 15) is 4.79 Å². The zero-order valence-electron chi connectivity index (χ0n) is 14.3. The van der Waals surface area contributed by atoms with Gasteiger partial charge in [-0.1, -0.05) is 29.8 Å². The molecule has 1 aromatic carbocycles. The lowest BCUT2D eigenvalue weighted by molar-refractivity contribution is -0.117. The minimum absolute atomic E-state index is 0.168. The number of pyridine rings is 1. The molecule has 3 aromatic rings. The molecule has 1 amide bonds. The van der Waals surface area contributed by atoms with Crippen LogP contribution >= 0.6 is 23.4 Å². The van der Waals surface area contributed by atoms with Crippen LogP contribution in [0.5, 0.6) is 0 Å². The van der Waals surface area contributed by atoms with Crippen LogP contribution in [0.4, 0.5) is 0 Å². The smallest absolute Gasteiger partial charge is 0.244 e. The summed E-state index contributed by atoms with van der Waals surface area (Å²) in [6, 6.07) is 12.8. The van der Waals surface area contributed by atoms with Crippen LogP contribution in [0.2, 0.25) is 5.02 Å². The molecule has 0 aliphatic carbocycles. The van der Waals surface area contributed by atoms with Crippen LogP contribution < -0.4 is 5.32 Å². The van der Waals surface area contributed by atoms with Crippen LogP contribution in [0.25, 0.3) is 11.7 Å². The lowest BCUT2D eigenvalue weighted by Crippen LogP contribution is -2.29. The Morgan fingerprint density at radius 3 is 2.85 bits per heavy atom. The summed E-state index contributed by atoms with van der Waals surface area (Å²) in [7, 11) is 0. The molecule has 134 valence electrons. The van der Waals surface area contributed by atoms with Gasteiger partial charge in [0.15, 0.2) is 11.5 Å². The first-order valence-electron chi connectivity index (χ1n) is 8.20. The molecular formula is C19H19ClN4OS. The Kier molecular flexibility index (Phi) is 6.30. The number of carbonyl (C=O) groups is 1. The summed E-state index contributed by atoms with van der Waals surface area (Å²) in [4.78, 5) is 12.4. The van der Waals surface area contributed by atoms with Crippen molar-refractivity contribution in [3.8, 4) is 0 Å². The van der Waals surface area contributed by atoms with E-state index in [1.54, 1.807) is 30.0 Å². The molecule has 3 rings (SSSR count). The monoisotopic (exact) mass is 386 g/mol. The Balaban J connectivity index is 1.75. The summed E-state index contributed by atoms with van der Waals surface area (Å²) in [6.07, 6.45) is 8.02. The Hall–Kier alpha value is -2.31. The zero-order valence-corrected chi connectivity index (χ0v) is 15.9. The van der Waals surface area contributed by atoms with Gasteiger partial charge in [-0.15, -0.1) is 10.2 Å². The van der Waals surface area contributed by atoms with E-state index in [1.165, 1.54) is 6.08 Å². The molecule has 1 N–H and O–H groups in total. The Morgan fingerprint density at radius 2 is 2.08 bits per heavy atom. The largest absolute Gasteiger partial charge is 0.342 e. The predicted octanol–water partition coefficient (Wildman–Crippen LogP) is 4.01. The van der Waals surface area contributed by atoms with Gasteiger partial charge in [0.2, 0.25) is 5.91 Å². The van der Waals surface area contributed by atoms with Crippen molar-refractivity contribution in [2.75, 3.05) is 12.0 Å². The van der Waals surface area contributed by atoms with Crippen LogP contribution in [0.1, 0.15) is 23.9 Å². The number of nitrogens with one attached hydrogen (secondary N) is 1. The third-order valence-electron chi connectivity index (χ3n) is 3.88. The van der Waals surface area contributed by atoms with Crippen molar-refractivity contribution in [2.24, 2.45) is 0 Å². The standard InChI is InChI=1S/C19H19ClN4OS/c1-26-13-11-16(19-23-22-17-4-2-3-12-24(17)19)21-18(25)10-7-14-5-8-15(20)9-6-14/h2-10,12,16H,11,13H2,1H3,(H,21,25)/b10-7+/t16-/m0/s1. The molecule has 0 spiro atoms. The van der Waals surface area contributed by atoms with Crippen molar-refractivity contribution >= 4 is 41.0 Å². The van der Waals surface area contributed by atoms with Gasteiger partial charge < -0.3 is 5.32 Å². The number of thioether (sulfide) groups is 1. The van der Waals surface area contributed by atoms with E-state index in [1.807, 2.05) is 47.2 Å². The van der Waals surface area contributed by atoms with E-state index in [0.29, 0.717) is 5.02 Å². The number of amides is 1. The number of carbonyl (C=O) groups excluding carboxylic acids is 1. The molecule has 0 saturated heterocycles. The van der Waals surface area contributed by atoms with Gasteiger partial charge in [0.1, 0.15) is 0 Å². The highest BCUT2D eigenvalue weighted by molar-refractivity contribution is 7.98. The van der Waals surface area contributed by atoms with Crippen LogP contribution in [-0.4, -0.2) is 32.5 Å². The second-order valence-corrected chi connectivity index (χ2v) is 7.14. The SMILES string of the molecule is CSCC[C@H](NC(=O)/C=C/c1ccc(Cl)cc1)c1nnc2ccccn12. The number of aromatic nitrogens is 3. The van der Waals surface area contributed by atoms with Crippen molar-refractivity contribution in [2.45, 2.75) is 12.5 Å². The average molecular weight is 387 g/mol. The Morgan fingerprint density at radius 1 is 1.27 bits per heavy atom. The fourth-order valence-electron chi connectivity index (χ4n) is 2.56. The molecule has 1 atom stereocenters. The third kappa shape index (κ3) is 4.65. The summed E-state index contributed by atoms with van der Waals surface area (Å²) in [6.45, 7) is 0. The first-order valence-corrected chi connectivity index (χ1v) is 9.97. The normalized spacial score (nSPS) is 12.5. The lowest BCUT2D eigenvalue weighted by atomic mass is 10.2. The number of hydrogen-bond acceptors (Lipinski definition) is 4. The first kappa shape index (κ1) is 18.5. The Labute approximate surface area is 161 Å². The molecule has 7 heteroatoms. The Bertz CT molecular complexity index is 907. The first-order chi connectivity index (χ1) is 12.7. The van der Waals surface area contributed by atoms with Gasteiger partial charge in [0, 0.05) is 17.3 Å². The predicted molar refractivity (Wildman–Crippen MR) is 107 cm³/mol. The molecule has 5 nitrogen and oxygen atoms in total. The van der Waals surface area contributed by atoms with E-state index in [4.69, 9.17) is 11.6 Å². The zero-order chi connectivity index (χ0) is 18.4. The second kappa shape index (κ2) is 8.87. The van der Waals surface area contributed by atoms with Crippen LogP contribution in [0.3, 0.4) is 0 Å².